The largest absolute Gasteiger partial charge is 0.379 e. The Morgan fingerprint density at radius 3 is 3.00 bits per heavy atom. The molecular formula is C14H19ClN4OS. The third-order valence-corrected chi connectivity index (χ3v) is 3.52. The van der Waals surface area contributed by atoms with Crippen LogP contribution in [-0.4, -0.2) is 55.6 Å². The van der Waals surface area contributed by atoms with Gasteiger partial charge in [-0.15, -0.1) is 0 Å². The number of hydrogen-bond acceptors (Lipinski definition) is 4. The van der Waals surface area contributed by atoms with Crippen molar-refractivity contribution in [2.45, 2.75) is 0 Å². The number of ether oxygens (including phenoxy) is 1. The molecule has 1 saturated heterocycles. The fourth-order valence-electron chi connectivity index (χ4n) is 1.94. The number of rotatable bonds is 5. The predicted octanol–water partition coefficient (Wildman–Crippen LogP) is 1.47. The van der Waals surface area contributed by atoms with E-state index in [1.165, 1.54) is 0 Å². The summed E-state index contributed by atoms with van der Waals surface area (Å²) in [7, 11) is 0. The molecule has 2 N–H and O–H groups in total. The van der Waals surface area contributed by atoms with Gasteiger partial charge in [0.25, 0.3) is 0 Å². The monoisotopic (exact) mass is 326 g/mol. The van der Waals surface area contributed by atoms with E-state index >= 15 is 0 Å². The van der Waals surface area contributed by atoms with E-state index in [9.17, 15) is 0 Å². The third kappa shape index (κ3) is 6.39. The van der Waals surface area contributed by atoms with Crippen LogP contribution in [0.25, 0.3) is 0 Å². The van der Waals surface area contributed by atoms with Crippen LogP contribution in [-0.2, 0) is 4.74 Å². The van der Waals surface area contributed by atoms with Crippen molar-refractivity contribution in [1.82, 2.24) is 15.6 Å². The molecule has 1 aromatic rings. The first-order valence-electron chi connectivity index (χ1n) is 6.86. The van der Waals surface area contributed by atoms with Crippen LogP contribution in [0.2, 0.25) is 5.02 Å². The number of nitrogens with zero attached hydrogens (tertiary/aromatic N) is 2. The predicted molar refractivity (Wildman–Crippen MR) is 90.0 cm³/mol. The number of thiocarbonyl (C=S) groups is 1. The average Bonchev–Trinajstić information content (AvgIpc) is 2.48. The second-order valence-electron chi connectivity index (χ2n) is 4.63. The molecule has 5 nitrogen and oxygen atoms in total. The van der Waals surface area contributed by atoms with Gasteiger partial charge in [-0.05, 0) is 29.9 Å². The molecule has 2 rings (SSSR count). The quantitative estimate of drug-likeness (QED) is 0.487. The second-order valence-corrected chi connectivity index (χ2v) is 5.48. The van der Waals surface area contributed by atoms with Crippen molar-refractivity contribution in [3.63, 3.8) is 0 Å². The average molecular weight is 327 g/mol. The van der Waals surface area contributed by atoms with Gasteiger partial charge in [-0.2, -0.15) is 5.10 Å². The van der Waals surface area contributed by atoms with Crippen LogP contribution in [0, 0.1) is 0 Å². The smallest absolute Gasteiger partial charge is 0.187 e. The summed E-state index contributed by atoms with van der Waals surface area (Å²) >= 11 is 11.1. The first kappa shape index (κ1) is 16.2. The van der Waals surface area contributed by atoms with Gasteiger partial charge in [0, 0.05) is 31.2 Å². The number of hydrazone groups is 1. The Balaban J connectivity index is 1.63. The summed E-state index contributed by atoms with van der Waals surface area (Å²) in [5, 5.41) is 8.40. The molecule has 0 spiro atoms. The van der Waals surface area contributed by atoms with Crippen molar-refractivity contribution in [2.75, 3.05) is 39.4 Å². The van der Waals surface area contributed by atoms with Gasteiger partial charge in [-0.3, -0.25) is 10.3 Å². The van der Waals surface area contributed by atoms with Crippen molar-refractivity contribution < 1.29 is 4.74 Å². The fraction of sp³-hybridized carbons (Fsp3) is 0.429. The van der Waals surface area contributed by atoms with E-state index in [2.05, 4.69) is 20.7 Å². The highest BCUT2D eigenvalue weighted by molar-refractivity contribution is 7.80. The number of hydrogen-bond donors (Lipinski definition) is 2. The molecule has 7 heteroatoms. The standard InChI is InChI=1S/C14H19ClN4OS/c15-13-3-1-2-12(10-13)11-17-18-14(21)16-4-5-19-6-8-20-9-7-19/h1-3,10-11H,4-9H2,(H2,16,18,21)/b17-11-. The molecule has 21 heavy (non-hydrogen) atoms. The van der Waals surface area contributed by atoms with E-state index in [0.717, 1.165) is 45.0 Å². The third-order valence-electron chi connectivity index (χ3n) is 3.05. The highest BCUT2D eigenvalue weighted by Crippen LogP contribution is 2.08. The molecule has 1 aliphatic heterocycles. The molecule has 1 aliphatic rings. The minimum Gasteiger partial charge on any atom is -0.379 e. The van der Waals surface area contributed by atoms with Crippen LogP contribution in [0.4, 0.5) is 0 Å². The fourth-order valence-corrected chi connectivity index (χ4v) is 2.30. The molecule has 0 saturated carbocycles. The van der Waals surface area contributed by atoms with Crippen molar-refractivity contribution in [1.29, 1.82) is 0 Å². The molecule has 1 aromatic carbocycles. The van der Waals surface area contributed by atoms with Crippen molar-refractivity contribution in [3.8, 4) is 0 Å². The van der Waals surface area contributed by atoms with Crippen LogP contribution >= 0.6 is 23.8 Å². The Labute approximate surface area is 135 Å². The zero-order valence-corrected chi connectivity index (χ0v) is 13.3. The number of benzene rings is 1. The maximum Gasteiger partial charge on any atom is 0.187 e. The SMILES string of the molecule is S=C(NCCN1CCOCC1)N/N=C\c1cccc(Cl)c1. The summed E-state index contributed by atoms with van der Waals surface area (Å²) in [5.41, 5.74) is 3.71. The first-order valence-corrected chi connectivity index (χ1v) is 7.65. The molecule has 0 atom stereocenters. The molecule has 0 unspecified atom stereocenters. The van der Waals surface area contributed by atoms with Crippen molar-refractivity contribution in [2.24, 2.45) is 5.10 Å². The van der Waals surface area contributed by atoms with E-state index in [-0.39, 0.29) is 0 Å². The van der Waals surface area contributed by atoms with Gasteiger partial charge < -0.3 is 10.1 Å². The summed E-state index contributed by atoms with van der Waals surface area (Å²) in [6.07, 6.45) is 1.68. The van der Waals surface area contributed by atoms with Crippen molar-refractivity contribution >= 4 is 35.1 Å². The lowest BCUT2D eigenvalue weighted by molar-refractivity contribution is 0.0389. The molecule has 0 aliphatic carbocycles. The van der Waals surface area contributed by atoms with Gasteiger partial charge >= 0.3 is 0 Å². The Morgan fingerprint density at radius 2 is 2.24 bits per heavy atom. The summed E-state index contributed by atoms with van der Waals surface area (Å²) < 4.78 is 5.30. The zero-order valence-electron chi connectivity index (χ0n) is 11.7. The van der Waals surface area contributed by atoms with E-state index in [0.29, 0.717) is 10.1 Å². The van der Waals surface area contributed by atoms with Gasteiger partial charge in [-0.25, -0.2) is 0 Å². The molecule has 1 heterocycles. The minimum atomic E-state index is 0.515. The topological polar surface area (TPSA) is 48.9 Å². The molecule has 0 amide bonds. The second kappa shape index (κ2) is 8.94. The summed E-state index contributed by atoms with van der Waals surface area (Å²) in [6, 6.07) is 7.46. The van der Waals surface area contributed by atoms with Gasteiger partial charge in [0.1, 0.15) is 0 Å². The Bertz CT molecular complexity index is 492. The lowest BCUT2D eigenvalue weighted by atomic mass is 10.2. The van der Waals surface area contributed by atoms with E-state index in [1.54, 1.807) is 6.21 Å². The first-order chi connectivity index (χ1) is 10.2. The Kier molecular flexibility index (Phi) is 6.88. The highest BCUT2D eigenvalue weighted by atomic mass is 35.5. The molecular weight excluding hydrogens is 308 g/mol. The van der Waals surface area contributed by atoms with E-state index in [1.807, 2.05) is 24.3 Å². The lowest BCUT2D eigenvalue weighted by Gasteiger charge is -2.26. The minimum absolute atomic E-state index is 0.515. The van der Waals surface area contributed by atoms with Crippen molar-refractivity contribution in [3.05, 3.63) is 34.9 Å². The van der Waals surface area contributed by atoms with Crippen LogP contribution < -0.4 is 10.7 Å². The maximum absolute atomic E-state index is 5.89. The van der Waals surface area contributed by atoms with Crippen LogP contribution in [0.15, 0.2) is 29.4 Å². The van der Waals surface area contributed by atoms with Gasteiger partial charge in [-0.1, -0.05) is 23.7 Å². The normalized spacial score (nSPS) is 16.0. The highest BCUT2D eigenvalue weighted by Gasteiger charge is 2.09. The maximum atomic E-state index is 5.89. The molecule has 1 fully saturated rings. The number of halogens is 1. The summed E-state index contributed by atoms with van der Waals surface area (Å²) in [6.45, 7) is 5.32. The van der Waals surface area contributed by atoms with Gasteiger partial charge in [0.05, 0.1) is 19.4 Å². The van der Waals surface area contributed by atoms with E-state index < -0.39 is 0 Å². The lowest BCUT2D eigenvalue weighted by Crippen LogP contribution is -2.42. The van der Waals surface area contributed by atoms with E-state index in [4.69, 9.17) is 28.6 Å². The summed E-state index contributed by atoms with van der Waals surface area (Å²) in [4.78, 5) is 2.34. The Hall–Kier alpha value is -1.21. The van der Waals surface area contributed by atoms with Crippen LogP contribution in [0.5, 0.6) is 0 Å². The zero-order chi connectivity index (χ0) is 14.9. The van der Waals surface area contributed by atoms with Gasteiger partial charge in [0.2, 0.25) is 0 Å². The van der Waals surface area contributed by atoms with Crippen LogP contribution in [0.3, 0.4) is 0 Å². The molecule has 0 bridgehead atoms. The molecule has 0 aromatic heterocycles. The number of nitrogens with one attached hydrogen (secondary N) is 2. The Morgan fingerprint density at radius 1 is 1.43 bits per heavy atom. The summed E-state index contributed by atoms with van der Waals surface area (Å²) in [5.74, 6) is 0. The van der Waals surface area contributed by atoms with Gasteiger partial charge in [0.15, 0.2) is 5.11 Å². The molecule has 0 radical (unpaired) electrons. The molecule has 114 valence electrons. The van der Waals surface area contributed by atoms with Crippen LogP contribution in [0.1, 0.15) is 5.56 Å². The number of morpholine rings is 1.